The first-order valence-electron chi connectivity index (χ1n) is 7.38. The molecular formula is C16H20O5. The molecule has 1 heterocycles. The van der Waals surface area contributed by atoms with Crippen molar-refractivity contribution in [3.63, 3.8) is 0 Å². The Morgan fingerprint density at radius 1 is 1.00 bits per heavy atom. The van der Waals surface area contributed by atoms with Gasteiger partial charge in [-0.3, -0.25) is 0 Å². The van der Waals surface area contributed by atoms with Crippen molar-refractivity contribution < 1.29 is 23.8 Å². The first kappa shape index (κ1) is 15.4. The van der Waals surface area contributed by atoms with E-state index in [0.717, 1.165) is 25.7 Å². The monoisotopic (exact) mass is 292 g/mol. The molecule has 0 bridgehead atoms. The van der Waals surface area contributed by atoms with E-state index >= 15 is 0 Å². The molecule has 1 aromatic carbocycles. The molecule has 0 fully saturated rings. The smallest absolute Gasteiger partial charge is 0.342 e. The van der Waals surface area contributed by atoms with Crippen LogP contribution in [0.1, 0.15) is 60.2 Å². The van der Waals surface area contributed by atoms with Crippen LogP contribution in [0.25, 0.3) is 0 Å². The van der Waals surface area contributed by atoms with Crippen LogP contribution in [0.2, 0.25) is 0 Å². The summed E-state index contributed by atoms with van der Waals surface area (Å²) in [6.07, 6.45) is 3.45. The lowest BCUT2D eigenvalue weighted by molar-refractivity contribution is 0.0452. The third-order valence-electron chi connectivity index (χ3n) is 3.18. The molecule has 114 valence electrons. The Labute approximate surface area is 124 Å². The quantitative estimate of drug-likeness (QED) is 0.421. The molecule has 0 aliphatic carbocycles. The van der Waals surface area contributed by atoms with Gasteiger partial charge >= 0.3 is 11.9 Å². The molecule has 5 heteroatoms. The van der Waals surface area contributed by atoms with Gasteiger partial charge in [0, 0.05) is 0 Å². The first-order chi connectivity index (χ1) is 10.2. The average molecular weight is 292 g/mol. The van der Waals surface area contributed by atoms with Crippen molar-refractivity contribution >= 4 is 11.9 Å². The summed E-state index contributed by atoms with van der Waals surface area (Å²) in [7, 11) is 0. The highest BCUT2D eigenvalue weighted by atomic mass is 16.6. The molecule has 1 aliphatic heterocycles. The van der Waals surface area contributed by atoms with Gasteiger partial charge in [-0.1, -0.05) is 26.7 Å². The van der Waals surface area contributed by atoms with E-state index in [4.69, 9.17) is 14.2 Å². The molecule has 0 saturated carbocycles. The van der Waals surface area contributed by atoms with Gasteiger partial charge in [-0.15, -0.1) is 0 Å². The molecule has 0 aromatic heterocycles. The van der Waals surface area contributed by atoms with E-state index in [1.165, 1.54) is 0 Å². The Morgan fingerprint density at radius 3 is 2.24 bits per heavy atom. The lowest BCUT2D eigenvalue weighted by atomic mass is 10.1. The zero-order valence-electron chi connectivity index (χ0n) is 12.4. The molecule has 1 aromatic rings. The van der Waals surface area contributed by atoms with E-state index in [1.807, 2.05) is 13.8 Å². The molecule has 1 aliphatic rings. The van der Waals surface area contributed by atoms with Crippen molar-refractivity contribution in [1.29, 1.82) is 0 Å². The number of benzene rings is 1. The van der Waals surface area contributed by atoms with Gasteiger partial charge in [0.1, 0.15) is 5.56 Å². The third-order valence-corrected chi connectivity index (χ3v) is 3.18. The molecular weight excluding hydrogens is 272 g/mol. The van der Waals surface area contributed by atoms with Crippen molar-refractivity contribution in [2.24, 2.45) is 0 Å². The van der Waals surface area contributed by atoms with Crippen LogP contribution in [-0.4, -0.2) is 25.2 Å². The zero-order chi connectivity index (χ0) is 15.2. The summed E-state index contributed by atoms with van der Waals surface area (Å²) in [6.45, 7) is 4.71. The Kier molecular flexibility index (Phi) is 5.20. The Bertz CT molecular complexity index is 536. The second kappa shape index (κ2) is 7.11. The molecule has 0 unspecified atom stereocenters. The van der Waals surface area contributed by atoms with Gasteiger partial charge in [-0.25, -0.2) is 9.59 Å². The number of ether oxygens (including phenoxy) is 3. The topological polar surface area (TPSA) is 65.1 Å². The highest BCUT2D eigenvalue weighted by molar-refractivity contribution is 6.07. The number of carbonyl (C=O) groups excluding carboxylic acids is 2. The number of rotatable bonds is 8. The molecule has 0 radical (unpaired) electrons. The fourth-order valence-electron chi connectivity index (χ4n) is 1.87. The van der Waals surface area contributed by atoms with E-state index in [0.29, 0.717) is 24.7 Å². The van der Waals surface area contributed by atoms with Crippen LogP contribution in [0.3, 0.4) is 0 Å². The molecule has 0 amide bonds. The van der Waals surface area contributed by atoms with Gasteiger partial charge in [0.15, 0.2) is 11.5 Å². The van der Waals surface area contributed by atoms with Crippen molar-refractivity contribution in [3.05, 3.63) is 23.3 Å². The van der Waals surface area contributed by atoms with Crippen LogP contribution in [-0.2, 0) is 9.47 Å². The van der Waals surface area contributed by atoms with Gasteiger partial charge < -0.3 is 14.2 Å². The average Bonchev–Trinajstić information content (AvgIpc) is 3.25. The van der Waals surface area contributed by atoms with Crippen LogP contribution in [0.15, 0.2) is 12.1 Å². The van der Waals surface area contributed by atoms with Gasteiger partial charge in [0.2, 0.25) is 0 Å². The maximum atomic E-state index is 12.1. The highest BCUT2D eigenvalue weighted by Gasteiger charge is 2.34. The van der Waals surface area contributed by atoms with Crippen LogP contribution < -0.4 is 4.74 Å². The number of esters is 2. The predicted octanol–water partition coefficient (Wildman–Crippen LogP) is 3.71. The minimum atomic E-state index is -0.528. The van der Waals surface area contributed by atoms with Crippen LogP contribution in [0, 0.1) is 0 Å². The Balaban J connectivity index is 2.10. The van der Waals surface area contributed by atoms with Gasteiger partial charge in [0.25, 0.3) is 0 Å². The van der Waals surface area contributed by atoms with Gasteiger partial charge in [0.05, 0.1) is 18.8 Å². The van der Waals surface area contributed by atoms with Gasteiger partial charge in [-0.2, -0.15) is 0 Å². The number of hydrogen-bond acceptors (Lipinski definition) is 5. The maximum Gasteiger partial charge on any atom is 0.342 e. The van der Waals surface area contributed by atoms with Crippen molar-refractivity contribution in [3.8, 4) is 11.5 Å². The number of fused-ring (bicyclic) bond motifs is 1. The molecule has 0 saturated heterocycles. The Morgan fingerprint density at radius 2 is 1.62 bits per heavy atom. The fourth-order valence-corrected chi connectivity index (χ4v) is 1.87. The largest absolute Gasteiger partial charge is 0.462 e. The molecule has 0 spiro atoms. The van der Waals surface area contributed by atoms with Crippen molar-refractivity contribution in [1.82, 2.24) is 0 Å². The molecule has 0 N–H and O–H groups in total. The predicted molar refractivity (Wildman–Crippen MR) is 76.9 cm³/mol. The maximum absolute atomic E-state index is 12.1. The zero-order valence-corrected chi connectivity index (χ0v) is 12.4. The number of hydrogen-bond donors (Lipinski definition) is 0. The third kappa shape index (κ3) is 3.74. The highest BCUT2D eigenvalue weighted by Crippen LogP contribution is 2.49. The second-order valence-electron chi connectivity index (χ2n) is 4.90. The summed E-state index contributed by atoms with van der Waals surface area (Å²) in [4.78, 5) is 24.2. The summed E-state index contributed by atoms with van der Waals surface area (Å²) in [5, 5.41) is 0. The van der Waals surface area contributed by atoms with Crippen molar-refractivity contribution in [2.45, 2.75) is 39.5 Å². The van der Waals surface area contributed by atoms with E-state index in [-0.39, 0.29) is 11.1 Å². The second-order valence-corrected chi connectivity index (χ2v) is 4.90. The molecule has 0 atom stereocenters. The van der Waals surface area contributed by atoms with Gasteiger partial charge in [-0.05, 0) is 25.0 Å². The van der Waals surface area contributed by atoms with E-state index < -0.39 is 11.9 Å². The van der Waals surface area contributed by atoms with E-state index in [1.54, 1.807) is 12.1 Å². The Hall–Kier alpha value is -2.04. The van der Waals surface area contributed by atoms with Crippen molar-refractivity contribution in [2.75, 3.05) is 13.2 Å². The normalized spacial score (nSPS) is 11.3. The summed E-state index contributed by atoms with van der Waals surface area (Å²) in [6, 6.07) is 3.21. The summed E-state index contributed by atoms with van der Waals surface area (Å²) < 4.78 is 15.5. The number of unbranched alkanes of at least 4 members (excludes halogenated alkanes) is 2. The first-order valence-corrected chi connectivity index (χ1v) is 7.38. The summed E-state index contributed by atoms with van der Waals surface area (Å²) in [5.41, 5.74) is 0.397. The SMILES string of the molecule is CCCCOC(=O)c1ccc2c(c1C(=O)OCCCC)O2. The summed E-state index contributed by atoms with van der Waals surface area (Å²) >= 11 is 0. The standard InChI is InChI=1S/C16H20O5/c1-3-5-9-19-15(17)11-7-8-12-14(21-12)13(11)16(18)20-10-6-4-2/h7-8H,3-6,9-10H2,1-2H3. The van der Waals surface area contributed by atoms with E-state index in [9.17, 15) is 9.59 Å². The minimum Gasteiger partial charge on any atom is -0.462 e. The van der Waals surface area contributed by atoms with Crippen LogP contribution in [0.5, 0.6) is 11.5 Å². The minimum absolute atomic E-state index is 0.185. The van der Waals surface area contributed by atoms with Crippen LogP contribution in [0.4, 0.5) is 0 Å². The van der Waals surface area contributed by atoms with E-state index in [2.05, 4.69) is 0 Å². The lowest BCUT2D eigenvalue weighted by Gasteiger charge is -2.08. The summed E-state index contributed by atoms with van der Waals surface area (Å²) in [5.74, 6) is 0.00780. The number of carbonyl (C=O) groups is 2. The molecule has 2 rings (SSSR count). The van der Waals surface area contributed by atoms with Crippen LogP contribution >= 0.6 is 0 Å². The molecule has 5 nitrogen and oxygen atoms in total. The lowest BCUT2D eigenvalue weighted by Crippen LogP contribution is -2.14. The molecule has 21 heavy (non-hydrogen) atoms. The fraction of sp³-hybridized carbons (Fsp3) is 0.500.